The maximum atomic E-state index is 14.1. The van der Waals surface area contributed by atoms with Crippen molar-refractivity contribution in [3.63, 3.8) is 0 Å². The van der Waals surface area contributed by atoms with Gasteiger partial charge in [0.1, 0.15) is 17.3 Å². The van der Waals surface area contributed by atoms with Crippen LogP contribution >= 0.6 is 0 Å². The fraction of sp³-hybridized carbons (Fsp3) is 0.125. The van der Waals surface area contributed by atoms with Crippen LogP contribution in [0, 0.1) is 5.82 Å². The molecule has 25 heavy (non-hydrogen) atoms. The number of rotatable bonds is 4. The van der Waals surface area contributed by atoms with E-state index < -0.39 is 0 Å². The van der Waals surface area contributed by atoms with Gasteiger partial charge in [-0.05, 0) is 30.3 Å². The van der Waals surface area contributed by atoms with E-state index in [1.807, 2.05) is 0 Å². The van der Waals surface area contributed by atoms with Crippen LogP contribution in [0.5, 0.6) is 5.75 Å². The first-order valence-corrected chi connectivity index (χ1v) is 7.38. The molecule has 0 aliphatic heterocycles. The van der Waals surface area contributed by atoms with E-state index in [0.717, 1.165) is 0 Å². The molecule has 126 valence electrons. The Morgan fingerprint density at radius 2 is 2.16 bits per heavy atom. The third-order valence-corrected chi connectivity index (χ3v) is 3.71. The number of aromatic nitrogens is 5. The summed E-state index contributed by atoms with van der Waals surface area (Å²) in [5.74, 6) is 0.719. The Bertz CT molecular complexity index is 1040. The van der Waals surface area contributed by atoms with E-state index in [-0.39, 0.29) is 18.3 Å². The van der Waals surface area contributed by atoms with Gasteiger partial charge in [0.15, 0.2) is 16.9 Å². The van der Waals surface area contributed by atoms with Crippen LogP contribution in [-0.2, 0) is 6.54 Å². The van der Waals surface area contributed by atoms with Crippen molar-refractivity contribution in [3.05, 3.63) is 48.0 Å². The number of nitrogen functional groups attached to an aromatic ring is 1. The summed E-state index contributed by atoms with van der Waals surface area (Å²) in [6.07, 6.45) is 1.52. The Hall–Kier alpha value is -3.49. The maximum absolute atomic E-state index is 14.1. The van der Waals surface area contributed by atoms with Gasteiger partial charge in [0.25, 0.3) is 0 Å². The largest absolute Gasteiger partial charge is 0.497 e. The van der Waals surface area contributed by atoms with E-state index in [9.17, 15) is 4.39 Å². The number of nitrogens with zero attached hydrogens (tertiary/aromatic N) is 5. The molecule has 0 radical (unpaired) electrons. The summed E-state index contributed by atoms with van der Waals surface area (Å²) < 4.78 is 26.0. The predicted octanol–water partition coefficient (Wildman–Crippen LogP) is 2.26. The lowest BCUT2D eigenvalue weighted by atomic mass is 10.2. The van der Waals surface area contributed by atoms with Gasteiger partial charge in [-0.2, -0.15) is 4.98 Å². The van der Waals surface area contributed by atoms with Crippen molar-refractivity contribution in [1.82, 2.24) is 25.0 Å². The van der Waals surface area contributed by atoms with E-state index in [1.165, 1.54) is 24.1 Å². The van der Waals surface area contributed by atoms with E-state index in [4.69, 9.17) is 14.9 Å². The monoisotopic (exact) mass is 340 g/mol. The van der Waals surface area contributed by atoms with Crippen molar-refractivity contribution in [2.75, 3.05) is 12.8 Å². The Labute approximate surface area is 141 Å². The minimum absolute atomic E-state index is 0.0496. The molecular formula is C16H13FN6O2. The van der Waals surface area contributed by atoms with E-state index in [0.29, 0.717) is 33.9 Å². The van der Waals surface area contributed by atoms with E-state index in [1.54, 1.807) is 24.3 Å². The van der Waals surface area contributed by atoms with Crippen LogP contribution in [-0.4, -0.2) is 32.1 Å². The summed E-state index contributed by atoms with van der Waals surface area (Å²) in [6, 6.07) is 7.96. The third-order valence-electron chi connectivity index (χ3n) is 3.71. The lowest BCUT2D eigenvalue weighted by Crippen LogP contribution is -2.06. The number of methoxy groups -OCH3 is 1. The molecule has 0 aliphatic carbocycles. The van der Waals surface area contributed by atoms with Crippen LogP contribution in [0.3, 0.4) is 0 Å². The second kappa shape index (κ2) is 5.86. The quantitative estimate of drug-likeness (QED) is 0.607. The number of benzene rings is 1. The fourth-order valence-electron chi connectivity index (χ4n) is 2.53. The van der Waals surface area contributed by atoms with Crippen molar-refractivity contribution in [2.24, 2.45) is 0 Å². The SMILES string of the molecule is COc1ccc(F)c(Cn2nnc3c(-c4ccco4)nc(N)nc32)c1. The number of halogens is 1. The molecule has 0 unspecified atom stereocenters. The molecule has 4 rings (SSSR count). The number of anilines is 1. The van der Waals surface area contributed by atoms with Crippen LogP contribution in [0.15, 0.2) is 41.0 Å². The summed E-state index contributed by atoms with van der Waals surface area (Å²) in [6.45, 7) is 0.119. The summed E-state index contributed by atoms with van der Waals surface area (Å²) in [5, 5.41) is 8.16. The molecule has 0 bridgehead atoms. The number of hydrogen-bond acceptors (Lipinski definition) is 7. The molecule has 0 saturated heterocycles. The highest BCUT2D eigenvalue weighted by molar-refractivity contribution is 5.85. The molecule has 3 heterocycles. The van der Waals surface area contributed by atoms with Crippen LogP contribution in [0.4, 0.5) is 10.3 Å². The first kappa shape index (κ1) is 15.1. The average Bonchev–Trinajstić information content (AvgIpc) is 3.27. The second-order valence-electron chi connectivity index (χ2n) is 5.28. The summed E-state index contributed by atoms with van der Waals surface area (Å²) in [4.78, 5) is 8.36. The topological polar surface area (TPSA) is 105 Å². The zero-order valence-electron chi connectivity index (χ0n) is 13.2. The van der Waals surface area contributed by atoms with Gasteiger partial charge in [0, 0.05) is 5.56 Å². The molecule has 0 amide bonds. The maximum Gasteiger partial charge on any atom is 0.222 e. The van der Waals surface area contributed by atoms with Crippen molar-refractivity contribution < 1.29 is 13.5 Å². The van der Waals surface area contributed by atoms with Crippen molar-refractivity contribution in [1.29, 1.82) is 0 Å². The lowest BCUT2D eigenvalue weighted by Gasteiger charge is -2.07. The van der Waals surface area contributed by atoms with Gasteiger partial charge in [-0.25, -0.2) is 14.1 Å². The van der Waals surface area contributed by atoms with Gasteiger partial charge in [-0.3, -0.25) is 0 Å². The predicted molar refractivity (Wildman–Crippen MR) is 87.3 cm³/mol. The van der Waals surface area contributed by atoms with Crippen molar-refractivity contribution in [2.45, 2.75) is 6.54 Å². The molecule has 0 saturated carbocycles. The number of nitrogens with two attached hydrogens (primary N) is 1. The number of ether oxygens (including phenoxy) is 1. The molecule has 0 atom stereocenters. The molecule has 0 fully saturated rings. The third kappa shape index (κ3) is 2.65. The number of furan rings is 1. The number of fused-ring (bicyclic) bond motifs is 1. The molecular weight excluding hydrogens is 327 g/mol. The molecule has 4 aromatic rings. The fourth-order valence-corrected chi connectivity index (χ4v) is 2.53. The first-order valence-electron chi connectivity index (χ1n) is 7.38. The molecule has 3 aromatic heterocycles. The summed E-state index contributed by atoms with van der Waals surface area (Å²) in [5.41, 5.74) is 7.44. The van der Waals surface area contributed by atoms with E-state index in [2.05, 4.69) is 20.3 Å². The minimum atomic E-state index is -0.377. The molecule has 0 spiro atoms. The second-order valence-corrected chi connectivity index (χ2v) is 5.28. The smallest absolute Gasteiger partial charge is 0.222 e. The molecule has 8 nitrogen and oxygen atoms in total. The van der Waals surface area contributed by atoms with Gasteiger partial charge >= 0.3 is 0 Å². The minimum Gasteiger partial charge on any atom is -0.497 e. The normalized spacial score (nSPS) is 11.1. The van der Waals surface area contributed by atoms with E-state index >= 15 is 0 Å². The van der Waals surface area contributed by atoms with Gasteiger partial charge in [0.2, 0.25) is 5.95 Å². The highest BCUT2D eigenvalue weighted by Gasteiger charge is 2.18. The highest BCUT2D eigenvalue weighted by Crippen LogP contribution is 2.26. The molecule has 9 heteroatoms. The van der Waals surface area contributed by atoms with Gasteiger partial charge < -0.3 is 14.9 Å². The Morgan fingerprint density at radius 3 is 2.92 bits per heavy atom. The zero-order valence-corrected chi connectivity index (χ0v) is 13.2. The van der Waals surface area contributed by atoms with Gasteiger partial charge in [0.05, 0.1) is 19.9 Å². The average molecular weight is 340 g/mol. The van der Waals surface area contributed by atoms with Crippen LogP contribution in [0.1, 0.15) is 5.56 Å². The lowest BCUT2D eigenvalue weighted by molar-refractivity contribution is 0.412. The Kier molecular flexibility index (Phi) is 3.53. The van der Waals surface area contributed by atoms with Crippen molar-refractivity contribution >= 4 is 17.1 Å². The molecule has 2 N–H and O–H groups in total. The van der Waals surface area contributed by atoms with Gasteiger partial charge in [-0.1, -0.05) is 5.21 Å². The Balaban J connectivity index is 1.82. The summed E-state index contributed by atoms with van der Waals surface area (Å²) in [7, 11) is 1.52. The summed E-state index contributed by atoms with van der Waals surface area (Å²) >= 11 is 0. The Morgan fingerprint density at radius 1 is 1.28 bits per heavy atom. The highest BCUT2D eigenvalue weighted by atomic mass is 19.1. The zero-order chi connectivity index (χ0) is 17.4. The molecule has 0 aliphatic rings. The van der Waals surface area contributed by atoms with Crippen molar-refractivity contribution in [3.8, 4) is 17.2 Å². The molecule has 1 aromatic carbocycles. The first-order chi connectivity index (χ1) is 12.2. The van der Waals surface area contributed by atoms with Crippen LogP contribution < -0.4 is 10.5 Å². The van der Waals surface area contributed by atoms with Gasteiger partial charge in [-0.15, -0.1) is 5.10 Å². The number of hydrogen-bond donors (Lipinski definition) is 1. The van der Waals surface area contributed by atoms with Crippen LogP contribution in [0.25, 0.3) is 22.6 Å². The standard InChI is InChI=1S/C16H13FN6O2/c1-24-10-4-5-11(17)9(7-10)8-23-15-14(21-22-23)13(19-16(18)20-15)12-3-2-6-25-12/h2-7H,8H2,1H3,(H2,18,19,20). The van der Waals surface area contributed by atoms with Crippen LogP contribution in [0.2, 0.25) is 0 Å².